The Balaban J connectivity index is 1.13. The molecule has 0 unspecified atom stereocenters. The number of nitro benzene ring substituents is 1. The van der Waals surface area contributed by atoms with Gasteiger partial charge in [0.1, 0.15) is 80.6 Å². The molecule has 102 heavy (non-hydrogen) atoms. The quantitative estimate of drug-likeness (QED) is 0.00986. The maximum absolute atomic E-state index is 13.2. The molecule has 43 nitrogen and oxygen atoms in total. The highest BCUT2D eigenvalue weighted by molar-refractivity contribution is 7.87. The Labute approximate surface area is 567 Å². The molecule has 0 bridgehead atoms. The van der Waals surface area contributed by atoms with Crippen LogP contribution in [-0.2, 0) is 75.6 Å². The largest absolute Gasteiger partial charge is 0.505 e. The van der Waals surface area contributed by atoms with Crippen LogP contribution < -0.4 is 10.5 Å². The lowest BCUT2D eigenvalue weighted by molar-refractivity contribution is -0.385. The zero-order valence-electron chi connectivity index (χ0n) is 49.5. The number of anilines is 1. The second-order valence-corrected chi connectivity index (χ2v) is 30.1. The van der Waals surface area contributed by atoms with Gasteiger partial charge in [-0.1, -0.05) is 6.07 Å². The molecule has 14 N–H and O–H groups in total. The normalized spacial score (nSPS) is 13.1. The molecule has 50 heteroatoms. The summed E-state index contributed by atoms with van der Waals surface area (Å²) < 4.78 is 253. The number of hydrogen-bond donors (Lipinski definition) is 13. The standard InChI is InChI=1S/C52H36N12O31S7/c1-20-10-34(36(95-19-42(65)66)17-33(20)58-55-30-8-5-24(96(74,75)76)14-28(30)52(70)71)59-62-45-39(99(83,84)85)11-21-2-3-22(12-26(21)49(45)68)54-61-46-40(100(86,87)88)15-27-25(48(46)67)6-9-32(51(27)102(92,93)94)57-60-35-18-37(97(77,78)79)29-16-41(101(89,90)91)47(50(69)43(29)44(35)53)63-56-31-7-4-23(64(72)73)13-38(31)98(80,81)82/h2-18,67-69H,19,53H2,1H3,(H,65,66)(H,70,71)(H,74,75,76)(H,77,78,79)(H,80,81,82)(H,83,84,85)(H,86,87,88)(H,89,90,91)(H,92,93,94). The number of hydrogen-bond acceptors (Lipinski definition) is 33. The number of aromatic carboxylic acids is 1. The van der Waals surface area contributed by atoms with Crippen LogP contribution in [0.15, 0.2) is 189 Å². The van der Waals surface area contributed by atoms with E-state index in [1.165, 1.54) is 6.92 Å². The summed E-state index contributed by atoms with van der Waals surface area (Å²) in [5.41, 5.74) is -4.63. The summed E-state index contributed by atoms with van der Waals surface area (Å²) in [7, 11) is -38.6. The van der Waals surface area contributed by atoms with Crippen LogP contribution in [0.5, 0.6) is 23.0 Å². The molecule has 0 saturated heterocycles. The Bertz CT molecular complexity index is 6270. The van der Waals surface area contributed by atoms with Gasteiger partial charge in [-0.2, -0.15) is 69.2 Å². The summed E-state index contributed by atoms with van der Waals surface area (Å²) in [6.07, 6.45) is 0. The number of phenolic OH excluding ortho intramolecular Hbond substituents is 3. The molecule has 0 fully saturated rings. The number of phenols is 3. The lowest BCUT2D eigenvalue weighted by Gasteiger charge is -2.15. The molecule has 0 aliphatic carbocycles. The number of nitro groups is 1. The first-order valence-electron chi connectivity index (χ1n) is 26.4. The van der Waals surface area contributed by atoms with Crippen LogP contribution in [0, 0.1) is 17.0 Å². The number of aliphatic carboxylic acids is 1. The number of rotatable bonds is 22. The predicted octanol–water partition coefficient (Wildman–Crippen LogP) is 10.0. The molecule has 0 heterocycles. The van der Waals surface area contributed by atoms with Crippen molar-refractivity contribution in [3.63, 3.8) is 0 Å². The monoisotopic (exact) mass is 1550 g/mol. The van der Waals surface area contributed by atoms with Crippen molar-refractivity contribution in [2.24, 2.45) is 51.1 Å². The first kappa shape index (κ1) is 74.7. The number of nitrogens with two attached hydrogens (primary N) is 1. The zero-order chi connectivity index (χ0) is 75.6. The van der Waals surface area contributed by atoms with Gasteiger partial charge in [-0.25, -0.2) is 9.59 Å². The molecule has 0 aromatic heterocycles. The van der Waals surface area contributed by atoms with Crippen LogP contribution >= 0.6 is 0 Å². The van der Waals surface area contributed by atoms with Gasteiger partial charge in [0.25, 0.3) is 76.5 Å². The number of fused-ring (bicyclic) bond motifs is 3. The molecule has 9 aromatic carbocycles. The highest BCUT2D eigenvalue weighted by Gasteiger charge is 2.32. The van der Waals surface area contributed by atoms with E-state index in [1.807, 2.05) is 0 Å². The molecule has 0 aliphatic rings. The van der Waals surface area contributed by atoms with Crippen LogP contribution in [-0.4, -0.2) is 140 Å². The van der Waals surface area contributed by atoms with Crippen LogP contribution in [0.2, 0.25) is 0 Å². The van der Waals surface area contributed by atoms with Crippen molar-refractivity contribution in [1.82, 2.24) is 0 Å². The third kappa shape index (κ3) is 15.6. The third-order valence-electron chi connectivity index (χ3n) is 13.8. The number of aromatic hydroxyl groups is 3. The third-order valence-corrected chi connectivity index (χ3v) is 19.9. The smallest absolute Gasteiger partial charge is 0.341 e. The average molecular weight is 1550 g/mol. The highest BCUT2D eigenvalue weighted by atomic mass is 32.2. The molecule has 0 amide bonds. The minimum atomic E-state index is -5.81. The van der Waals surface area contributed by atoms with Crippen molar-refractivity contribution >= 4 is 183 Å². The molecule has 9 rings (SSSR count). The van der Waals surface area contributed by atoms with E-state index in [0.717, 1.165) is 54.6 Å². The van der Waals surface area contributed by atoms with E-state index in [9.17, 15) is 136 Å². The number of carboxylic acids is 2. The Morgan fingerprint density at radius 2 is 0.951 bits per heavy atom. The number of nitrogen functional groups attached to an aromatic ring is 1. The van der Waals surface area contributed by atoms with E-state index in [-0.39, 0.29) is 28.8 Å². The molecule has 9 aromatic rings. The fourth-order valence-corrected chi connectivity index (χ4v) is 13.9. The minimum absolute atomic E-state index is 0.0756. The second kappa shape index (κ2) is 26.9. The first-order chi connectivity index (χ1) is 47.1. The van der Waals surface area contributed by atoms with E-state index >= 15 is 0 Å². The average Bonchev–Trinajstić information content (AvgIpc) is 0.744. The maximum atomic E-state index is 13.2. The molecular weight excluding hydrogens is 1510 g/mol. The molecule has 0 saturated carbocycles. The SMILES string of the molecule is Cc1cc(N=Nc2c(S(=O)(=O)O)cc3ccc(N=Nc4c(S(=O)(=O)O)cc5c(S(=O)(=O)O)c(N=Nc6cc(S(=O)(=O)O)c7cc(S(=O)(=O)O)c(N=Nc8ccc([N+](=O)[O-])cc8S(=O)(=O)O)c(O)c7c6N)ccc5c4O)cc3c2O)c(OCC(=O)O)cc1N=Nc1ccc(S(=O)(=O)O)cc1C(=O)O. The predicted molar refractivity (Wildman–Crippen MR) is 342 cm³/mol. The van der Waals surface area contributed by atoms with Gasteiger partial charge in [-0.3, -0.25) is 42.0 Å². The topological polar surface area (TPSA) is 718 Å². The van der Waals surface area contributed by atoms with Gasteiger partial charge in [0, 0.05) is 39.7 Å². The van der Waals surface area contributed by atoms with Gasteiger partial charge in [-0.15, -0.1) is 40.9 Å². The number of benzene rings is 9. The van der Waals surface area contributed by atoms with Crippen molar-refractivity contribution in [3.8, 4) is 23.0 Å². The van der Waals surface area contributed by atoms with Crippen LogP contribution in [0.4, 0.5) is 68.2 Å². The summed E-state index contributed by atoms with van der Waals surface area (Å²) in [6.45, 7) is 0.259. The zero-order valence-corrected chi connectivity index (χ0v) is 55.2. The van der Waals surface area contributed by atoms with Gasteiger partial charge in [0.2, 0.25) is 0 Å². The molecule has 0 aliphatic heterocycles. The fourth-order valence-electron chi connectivity index (χ4n) is 9.28. The lowest BCUT2D eigenvalue weighted by atomic mass is 10.0. The number of nitrogens with zero attached hydrogens (tertiary/aromatic N) is 11. The van der Waals surface area contributed by atoms with Crippen LogP contribution in [0.3, 0.4) is 0 Å². The van der Waals surface area contributed by atoms with E-state index in [2.05, 4.69) is 51.1 Å². The molecule has 532 valence electrons. The van der Waals surface area contributed by atoms with Gasteiger partial charge in [0.15, 0.2) is 23.9 Å². The molecular formula is C52H36N12O31S7. The second-order valence-electron chi connectivity index (χ2n) is 20.4. The van der Waals surface area contributed by atoms with Crippen molar-refractivity contribution in [2.45, 2.75) is 41.2 Å². The van der Waals surface area contributed by atoms with Crippen molar-refractivity contribution < 1.29 is 136 Å². The highest BCUT2D eigenvalue weighted by Crippen LogP contribution is 2.51. The molecule has 0 atom stereocenters. The Kier molecular flexibility index (Phi) is 19.7. The number of azo groups is 5. The Morgan fingerprint density at radius 1 is 0.451 bits per heavy atom. The van der Waals surface area contributed by atoms with Crippen LogP contribution in [0.25, 0.3) is 32.3 Å². The summed E-state index contributed by atoms with van der Waals surface area (Å²) >= 11 is 0. The van der Waals surface area contributed by atoms with Gasteiger partial charge in [0.05, 0.1) is 37.8 Å². The number of aryl methyl sites for hydroxylation is 1. The summed E-state index contributed by atoms with van der Waals surface area (Å²) in [6, 6.07) is 11.8. The molecule has 0 spiro atoms. The van der Waals surface area contributed by atoms with Crippen LogP contribution in [0.1, 0.15) is 15.9 Å². The van der Waals surface area contributed by atoms with E-state index in [4.69, 9.17) is 10.5 Å². The molecule has 0 radical (unpaired) electrons. The number of carbonyl (C=O) groups is 2. The van der Waals surface area contributed by atoms with Crippen molar-refractivity contribution in [1.29, 1.82) is 0 Å². The Morgan fingerprint density at radius 3 is 1.51 bits per heavy atom. The number of carboxylic acid groups (broad SMARTS) is 2. The number of non-ortho nitro benzene ring substituents is 1. The summed E-state index contributed by atoms with van der Waals surface area (Å²) in [5.74, 6) is -7.81. The summed E-state index contributed by atoms with van der Waals surface area (Å²) in [4.78, 5) is 24.5. The van der Waals surface area contributed by atoms with Crippen molar-refractivity contribution in [3.05, 3.63) is 124 Å². The minimum Gasteiger partial charge on any atom is -0.505 e. The lowest BCUT2D eigenvalue weighted by Crippen LogP contribution is -2.09. The van der Waals surface area contributed by atoms with E-state index < -0.39 is 247 Å². The van der Waals surface area contributed by atoms with Gasteiger partial charge in [-0.05, 0) is 96.7 Å². The Hall–Kier alpha value is -11.5. The fraction of sp³-hybridized carbons (Fsp3) is 0.0385. The van der Waals surface area contributed by atoms with Gasteiger partial charge >= 0.3 is 11.9 Å². The maximum Gasteiger partial charge on any atom is 0.341 e. The van der Waals surface area contributed by atoms with E-state index in [1.54, 1.807) is 0 Å². The van der Waals surface area contributed by atoms with E-state index in [0.29, 0.717) is 36.4 Å². The van der Waals surface area contributed by atoms with Crippen molar-refractivity contribution in [2.75, 3.05) is 12.3 Å². The number of ether oxygens (including phenoxy) is 1. The first-order valence-corrected chi connectivity index (χ1v) is 36.4. The summed E-state index contributed by atoms with van der Waals surface area (Å²) in [5, 5.41) is 97.6. The van der Waals surface area contributed by atoms with Gasteiger partial charge < -0.3 is 36.0 Å².